The highest BCUT2D eigenvalue weighted by molar-refractivity contribution is 5.76. The largest absolute Gasteiger partial charge is 0.352 e. The van der Waals surface area contributed by atoms with Crippen LogP contribution in [0.2, 0.25) is 0 Å². The number of unbranched alkanes of at least 4 members (excludes halogenated alkanes) is 1. The maximum Gasteiger partial charge on any atom is 0.220 e. The van der Waals surface area contributed by atoms with E-state index in [1.165, 1.54) is 25.9 Å². The van der Waals surface area contributed by atoms with Gasteiger partial charge in [-0.3, -0.25) is 4.79 Å². The molecule has 1 atom stereocenters. The Morgan fingerprint density at radius 1 is 1.40 bits per heavy atom. The minimum atomic E-state index is 0.260. The van der Waals surface area contributed by atoms with Crippen LogP contribution in [-0.2, 0) is 4.79 Å². The van der Waals surface area contributed by atoms with Crippen LogP contribution in [0.1, 0.15) is 39.0 Å². The molecule has 1 unspecified atom stereocenters. The summed E-state index contributed by atoms with van der Waals surface area (Å²) in [7, 11) is 0. The Balaban J connectivity index is 1.77. The van der Waals surface area contributed by atoms with Crippen molar-refractivity contribution in [3.05, 3.63) is 0 Å². The fourth-order valence-electron chi connectivity index (χ4n) is 2.74. The molecular weight excluding hydrogens is 188 g/mol. The van der Waals surface area contributed by atoms with E-state index in [-0.39, 0.29) is 5.91 Å². The third kappa shape index (κ3) is 2.71. The van der Waals surface area contributed by atoms with Crippen LogP contribution in [0.5, 0.6) is 0 Å². The maximum absolute atomic E-state index is 11.6. The van der Waals surface area contributed by atoms with Gasteiger partial charge in [0.2, 0.25) is 5.91 Å². The molecule has 1 amide bonds. The van der Waals surface area contributed by atoms with E-state index in [1.807, 2.05) is 0 Å². The number of carbonyl (C=O) groups is 1. The highest BCUT2D eigenvalue weighted by atomic mass is 16.1. The summed E-state index contributed by atoms with van der Waals surface area (Å²) in [5.74, 6) is 1.01. The third-order valence-corrected chi connectivity index (χ3v) is 3.76. The van der Waals surface area contributed by atoms with E-state index in [0.29, 0.717) is 12.5 Å². The van der Waals surface area contributed by atoms with E-state index in [0.717, 1.165) is 25.3 Å². The molecule has 2 bridgehead atoms. The van der Waals surface area contributed by atoms with Crippen LogP contribution in [0, 0.1) is 5.92 Å². The zero-order valence-electron chi connectivity index (χ0n) is 9.67. The lowest BCUT2D eigenvalue weighted by Gasteiger charge is -2.44. The smallest absolute Gasteiger partial charge is 0.220 e. The molecule has 1 N–H and O–H groups in total. The Labute approximate surface area is 92.2 Å². The Bertz CT molecular complexity index is 222. The number of piperidine rings is 3. The standard InChI is InChI=1S/C12H22N2O/c1-2-3-4-12(15)13-11-9-14-7-5-10(11)6-8-14/h10-11H,2-9H2,1H3,(H,13,15). The predicted molar refractivity (Wildman–Crippen MR) is 60.6 cm³/mol. The van der Waals surface area contributed by atoms with Crippen molar-refractivity contribution < 1.29 is 4.79 Å². The Morgan fingerprint density at radius 2 is 2.13 bits per heavy atom. The monoisotopic (exact) mass is 210 g/mol. The molecule has 3 nitrogen and oxygen atoms in total. The molecule has 0 aromatic carbocycles. The van der Waals surface area contributed by atoms with Gasteiger partial charge in [-0.25, -0.2) is 0 Å². The lowest BCUT2D eigenvalue weighted by atomic mass is 9.84. The summed E-state index contributed by atoms with van der Waals surface area (Å²) in [6.45, 7) is 5.70. The summed E-state index contributed by atoms with van der Waals surface area (Å²) < 4.78 is 0. The first-order chi connectivity index (χ1) is 7.29. The average Bonchev–Trinajstić information content (AvgIpc) is 2.28. The van der Waals surface area contributed by atoms with E-state index >= 15 is 0 Å². The van der Waals surface area contributed by atoms with Crippen molar-refractivity contribution in [2.45, 2.75) is 45.1 Å². The van der Waals surface area contributed by atoms with Gasteiger partial charge in [-0.2, -0.15) is 0 Å². The Morgan fingerprint density at radius 3 is 2.67 bits per heavy atom. The normalized spacial score (nSPS) is 34.1. The fourth-order valence-corrected chi connectivity index (χ4v) is 2.74. The number of amides is 1. The van der Waals surface area contributed by atoms with E-state index in [4.69, 9.17) is 0 Å². The fraction of sp³-hybridized carbons (Fsp3) is 0.917. The first kappa shape index (κ1) is 10.9. The van der Waals surface area contributed by atoms with Gasteiger partial charge in [0.25, 0.3) is 0 Å². The molecule has 0 saturated carbocycles. The molecule has 0 aliphatic carbocycles. The molecule has 3 heteroatoms. The van der Waals surface area contributed by atoms with Crippen LogP contribution >= 0.6 is 0 Å². The molecule has 0 aromatic heterocycles. The van der Waals surface area contributed by atoms with Gasteiger partial charge in [0.1, 0.15) is 0 Å². The third-order valence-electron chi connectivity index (χ3n) is 3.76. The van der Waals surface area contributed by atoms with Crippen molar-refractivity contribution in [2.24, 2.45) is 5.92 Å². The van der Waals surface area contributed by atoms with Crippen LogP contribution < -0.4 is 5.32 Å². The number of carbonyl (C=O) groups excluding carboxylic acids is 1. The van der Waals surface area contributed by atoms with Gasteiger partial charge < -0.3 is 10.2 Å². The molecule has 0 aromatic rings. The van der Waals surface area contributed by atoms with Gasteiger partial charge in [0, 0.05) is 19.0 Å². The number of hydrogen-bond donors (Lipinski definition) is 1. The minimum Gasteiger partial charge on any atom is -0.352 e. The quantitative estimate of drug-likeness (QED) is 0.760. The van der Waals surface area contributed by atoms with Crippen molar-refractivity contribution in [1.82, 2.24) is 10.2 Å². The minimum absolute atomic E-state index is 0.260. The summed E-state index contributed by atoms with van der Waals surface area (Å²) in [5, 5.41) is 3.20. The molecule has 0 radical (unpaired) electrons. The second-order valence-electron chi connectivity index (χ2n) is 4.92. The lowest BCUT2D eigenvalue weighted by molar-refractivity contribution is -0.123. The SMILES string of the molecule is CCCCC(=O)NC1CN2CCC1CC2. The highest BCUT2D eigenvalue weighted by Gasteiger charge is 2.34. The van der Waals surface area contributed by atoms with Crippen molar-refractivity contribution in [3.8, 4) is 0 Å². The lowest BCUT2D eigenvalue weighted by Crippen LogP contribution is -2.57. The highest BCUT2D eigenvalue weighted by Crippen LogP contribution is 2.27. The molecular formula is C12H22N2O. The van der Waals surface area contributed by atoms with E-state index in [2.05, 4.69) is 17.1 Å². The van der Waals surface area contributed by atoms with Gasteiger partial charge in [-0.05, 0) is 38.3 Å². The molecule has 3 aliphatic rings. The van der Waals surface area contributed by atoms with Crippen LogP contribution in [0.4, 0.5) is 0 Å². The molecule has 3 aliphatic heterocycles. The topological polar surface area (TPSA) is 32.3 Å². The zero-order valence-corrected chi connectivity index (χ0v) is 9.67. The molecule has 3 rings (SSSR count). The maximum atomic E-state index is 11.6. The van der Waals surface area contributed by atoms with Crippen molar-refractivity contribution in [3.63, 3.8) is 0 Å². The van der Waals surface area contributed by atoms with E-state index in [1.54, 1.807) is 0 Å². The number of fused-ring (bicyclic) bond motifs is 3. The Hall–Kier alpha value is -0.570. The second-order valence-corrected chi connectivity index (χ2v) is 4.92. The molecule has 0 spiro atoms. The summed E-state index contributed by atoms with van der Waals surface area (Å²) >= 11 is 0. The second kappa shape index (κ2) is 4.97. The molecule has 15 heavy (non-hydrogen) atoms. The van der Waals surface area contributed by atoms with Crippen LogP contribution in [0.15, 0.2) is 0 Å². The van der Waals surface area contributed by atoms with Crippen molar-refractivity contribution in [2.75, 3.05) is 19.6 Å². The number of rotatable bonds is 4. The summed E-state index contributed by atoms with van der Waals surface area (Å²) in [6, 6.07) is 0.442. The summed E-state index contributed by atoms with van der Waals surface area (Å²) in [4.78, 5) is 14.1. The molecule has 3 heterocycles. The molecule has 3 fully saturated rings. The van der Waals surface area contributed by atoms with E-state index in [9.17, 15) is 4.79 Å². The molecule has 86 valence electrons. The van der Waals surface area contributed by atoms with Crippen molar-refractivity contribution >= 4 is 5.91 Å². The first-order valence-corrected chi connectivity index (χ1v) is 6.31. The average molecular weight is 210 g/mol. The first-order valence-electron chi connectivity index (χ1n) is 6.31. The Kier molecular flexibility index (Phi) is 3.62. The van der Waals surface area contributed by atoms with Crippen LogP contribution in [0.25, 0.3) is 0 Å². The summed E-state index contributed by atoms with van der Waals surface area (Å²) in [6.07, 6.45) is 5.39. The summed E-state index contributed by atoms with van der Waals surface area (Å²) in [5.41, 5.74) is 0. The predicted octanol–water partition coefficient (Wildman–Crippen LogP) is 1.39. The number of hydrogen-bond acceptors (Lipinski definition) is 2. The van der Waals surface area contributed by atoms with Gasteiger partial charge in [-0.15, -0.1) is 0 Å². The van der Waals surface area contributed by atoms with Gasteiger partial charge >= 0.3 is 0 Å². The van der Waals surface area contributed by atoms with Crippen LogP contribution in [-0.4, -0.2) is 36.5 Å². The van der Waals surface area contributed by atoms with E-state index < -0.39 is 0 Å². The van der Waals surface area contributed by atoms with Crippen LogP contribution in [0.3, 0.4) is 0 Å². The number of nitrogens with zero attached hydrogens (tertiary/aromatic N) is 1. The number of nitrogens with one attached hydrogen (secondary N) is 1. The van der Waals surface area contributed by atoms with Gasteiger partial charge in [0.15, 0.2) is 0 Å². The van der Waals surface area contributed by atoms with Gasteiger partial charge in [-0.1, -0.05) is 13.3 Å². The molecule has 3 saturated heterocycles. The zero-order chi connectivity index (χ0) is 10.7. The van der Waals surface area contributed by atoms with Crippen molar-refractivity contribution in [1.29, 1.82) is 0 Å². The van der Waals surface area contributed by atoms with Gasteiger partial charge in [0.05, 0.1) is 0 Å².